The van der Waals surface area contributed by atoms with Crippen LogP contribution in [0.1, 0.15) is 12.0 Å². The van der Waals surface area contributed by atoms with Crippen molar-refractivity contribution in [3.05, 3.63) is 90.0 Å². The summed E-state index contributed by atoms with van der Waals surface area (Å²) in [6, 6.07) is 15.9. The quantitative estimate of drug-likeness (QED) is 0.130. The van der Waals surface area contributed by atoms with Crippen LogP contribution in [0.15, 0.2) is 78.6 Å². The molecule has 0 unspecified atom stereocenters. The minimum Gasteiger partial charge on any atom is -0.493 e. The second-order valence-electron chi connectivity index (χ2n) is 11.0. The molecule has 4 amide bonds. The van der Waals surface area contributed by atoms with Crippen LogP contribution in [0.5, 0.6) is 23.0 Å². The van der Waals surface area contributed by atoms with E-state index < -0.39 is 29.2 Å². The molecule has 0 aliphatic carbocycles. The highest BCUT2D eigenvalue weighted by Gasteiger charge is 2.37. The van der Waals surface area contributed by atoms with E-state index in [1.807, 2.05) is 6.07 Å². The van der Waals surface area contributed by atoms with E-state index in [2.05, 4.69) is 20.5 Å². The van der Waals surface area contributed by atoms with Gasteiger partial charge in [-0.25, -0.2) is 14.1 Å². The molecule has 2 saturated heterocycles. The predicted octanol–water partition coefficient (Wildman–Crippen LogP) is 4.73. The van der Waals surface area contributed by atoms with Crippen LogP contribution in [0.2, 0.25) is 0 Å². The van der Waals surface area contributed by atoms with E-state index >= 15 is 4.39 Å². The molecular weight excluding hydrogens is 635 g/mol. The number of imide groups is 2. The van der Waals surface area contributed by atoms with Gasteiger partial charge in [-0.1, -0.05) is 6.07 Å². The number of anilines is 2. The Morgan fingerprint density at radius 1 is 1.04 bits per heavy atom. The second-order valence-corrected chi connectivity index (χ2v) is 11.0. The van der Waals surface area contributed by atoms with Crippen LogP contribution in [-0.4, -0.2) is 74.3 Å². The zero-order valence-corrected chi connectivity index (χ0v) is 26.4. The Morgan fingerprint density at radius 3 is 2.65 bits per heavy atom. The number of hydrogen-bond donors (Lipinski definition) is 2. The number of nitriles is 1. The predicted molar refractivity (Wildman–Crippen MR) is 176 cm³/mol. The third kappa shape index (κ3) is 7.43. The summed E-state index contributed by atoms with van der Waals surface area (Å²) in [7, 11) is 1.53. The molecule has 0 atom stereocenters. The van der Waals surface area contributed by atoms with Gasteiger partial charge in [0, 0.05) is 55.2 Å². The molecular formula is C35H31FN6O7. The largest absolute Gasteiger partial charge is 0.493 e. The summed E-state index contributed by atoms with van der Waals surface area (Å²) < 4.78 is 38.2. The lowest BCUT2D eigenvalue weighted by atomic mass is 10.1. The maximum atomic E-state index is 15.3. The number of carbonyl (C=O) groups excluding carboxylic acids is 3. The number of nitrogens with one attached hydrogen (secondary N) is 2. The molecule has 3 heterocycles. The number of aromatic nitrogens is 1. The highest BCUT2D eigenvalue weighted by atomic mass is 19.1. The first-order chi connectivity index (χ1) is 23.8. The Kier molecular flexibility index (Phi) is 9.93. The van der Waals surface area contributed by atoms with Gasteiger partial charge in [-0.3, -0.25) is 24.8 Å². The van der Waals surface area contributed by atoms with E-state index in [1.165, 1.54) is 43.5 Å². The summed E-state index contributed by atoms with van der Waals surface area (Å²) in [6.45, 7) is 4.70. The van der Waals surface area contributed by atoms with Crippen LogP contribution in [-0.2, 0) is 14.3 Å². The number of nitrogens with zero attached hydrogens (tertiary/aromatic N) is 4. The molecule has 2 aliphatic heterocycles. The molecule has 2 fully saturated rings. The van der Waals surface area contributed by atoms with Gasteiger partial charge in [-0.15, -0.1) is 0 Å². The van der Waals surface area contributed by atoms with Crippen LogP contribution in [0.25, 0.3) is 10.9 Å². The van der Waals surface area contributed by atoms with Gasteiger partial charge in [0.15, 0.2) is 23.1 Å². The molecule has 0 radical (unpaired) electrons. The van der Waals surface area contributed by atoms with Gasteiger partial charge in [0.2, 0.25) is 0 Å². The molecule has 2 N–H and O–H groups in total. The number of benzene rings is 3. The van der Waals surface area contributed by atoms with Crippen molar-refractivity contribution in [3.8, 4) is 29.1 Å². The average molecular weight is 667 g/mol. The van der Waals surface area contributed by atoms with Gasteiger partial charge in [-0.2, -0.15) is 5.26 Å². The van der Waals surface area contributed by atoms with Crippen molar-refractivity contribution in [1.82, 2.24) is 15.2 Å². The molecule has 14 heteroatoms. The van der Waals surface area contributed by atoms with Crippen LogP contribution in [0.3, 0.4) is 0 Å². The number of carbonyl (C=O) groups is 3. The lowest BCUT2D eigenvalue weighted by Crippen LogP contribution is -2.54. The fraction of sp³-hybridized carbons (Fsp3) is 0.229. The Labute approximate surface area is 280 Å². The molecule has 1 aromatic heterocycles. The van der Waals surface area contributed by atoms with E-state index in [1.54, 1.807) is 24.4 Å². The van der Waals surface area contributed by atoms with Crippen molar-refractivity contribution < 1.29 is 37.7 Å². The fourth-order valence-electron chi connectivity index (χ4n) is 5.34. The first-order valence-electron chi connectivity index (χ1n) is 15.4. The monoisotopic (exact) mass is 666 g/mol. The molecule has 0 bridgehead atoms. The third-order valence-corrected chi connectivity index (χ3v) is 7.84. The number of halogens is 1. The standard InChI is InChI=1S/C35H31FN6O7/c1-46-31-18-25-28(19-32(31)48-13-3-10-41-11-14-47-15-12-41)38-9-8-29(25)49-30-7-6-23(17-27(30)36)39-21-26-33(43)40-35(45)42(34(26)44)24-5-2-4-22(16-24)20-37/h2,4-9,16-19,21,39H,3,10-15H2,1H3,(H,40,43,45)/b26-21+. The number of rotatable bonds is 11. The van der Waals surface area contributed by atoms with Crippen molar-refractivity contribution in [1.29, 1.82) is 5.26 Å². The van der Waals surface area contributed by atoms with Crippen molar-refractivity contribution in [3.63, 3.8) is 0 Å². The lowest BCUT2D eigenvalue weighted by molar-refractivity contribution is -0.122. The zero-order chi connectivity index (χ0) is 34.3. The van der Waals surface area contributed by atoms with E-state index in [0.717, 1.165) is 56.4 Å². The first kappa shape index (κ1) is 32.9. The van der Waals surface area contributed by atoms with Gasteiger partial charge in [0.1, 0.15) is 11.3 Å². The number of barbiturate groups is 1. The molecule has 2 aliphatic rings. The summed E-state index contributed by atoms with van der Waals surface area (Å²) in [5, 5.41) is 14.6. The number of pyridine rings is 1. The summed E-state index contributed by atoms with van der Waals surface area (Å²) in [5.74, 6) is -1.33. The number of methoxy groups -OCH3 is 1. The van der Waals surface area contributed by atoms with Gasteiger partial charge >= 0.3 is 6.03 Å². The van der Waals surface area contributed by atoms with E-state index in [0.29, 0.717) is 34.8 Å². The van der Waals surface area contributed by atoms with Gasteiger partial charge in [0.25, 0.3) is 11.8 Å². The number of ether oxygens (including phenoxy) is 4. The van der Waals surface area contributed by atoms with Crippen molar-refractivity contribution in [2.75, 3.05) is 56.8 Å². The minimum absolute atomic E-state index is 0.0891. The Bertz CT molecular complexity index is 1990. The van der Waals surface area contributed by atoms with Gasteiger partial charge < -0.3 is 24.3 Å². The summed E-state index contributed by atoms with van der Waals surface area (Å²) in [6.07, 6.45) is 3.45. The second kappa shape index (κ2) is 14.8. The van der Waals surface area contributed by atoms with Crippen molar-refractivity contribution >= 4 is 40.1 Å². The Balaban J connectivity index is 1.14. The molecule has 0 spiro atoms. The summed E-state index contributed by atoms with van der Waals surface area (Å²) in [4.78, 5) is 45.6. The molecule has 49 heavy (non-hydrogen) atoms. The number of urea groups is 1. The molecule has 0 saturated carbocycles. The summed E-state index contributed by atoms with van der Waals surface area (Å²) >= 11 is 0. The van der Waals surface area contributed by atoms with Crippen molar-refractivity contribution in [2.45, 2.75) is 6.42 Å². The Morgan fingerprint density at radius 2 is 1.88 bits per heavy atom. The number of fused-ring (bicyclic) bond motifs is 1. The summed E-state index contributed by atoms with van der Waals surface area (Å²) in [5.41, 5.74) is 0.691. The number of hydrogen-bond acceptors (Lipinski definition) is 11. The smallest absolute Gasteiger partial charge is 0.335 e. The van der Waals surface area contributed by atoms with Gasteiger partial charge in [0.05, 0.1) is 49.8 Å². The number of amides is 4. The SMILES string of the molecule is COc1cc2c(Oc3ccc(N/C=C4\C(=O)NC(=O)N(c5cccc(C#N)c5)C4=O)cc3F)ccnc2cc1OCCCN1CCOCC1. The first-order valence-corrected chi connectivity index (χ1v) is 15.4. The average Bonchev–Trinajstić information content (AvgIpc) is 3.11. The molecule has 3 aromatic carbocycles. The Hall–Kier alpha value is -6.04. The van der Waals surface area contributed by atoms with Gasteiger partial charge in [-0.05, 0) is 48.9 Å². The maximum Gasteiger partial charge on any atom is 0.335 e. The van der Waals surface area contributed by atoms with E-state index in [9.17, 15) is 19.6 Å². The fourth-order valence-corrected chi connectivity index (χ4v) is 5.34. The van der Waals surface area contributed by atoms with E-state index in [-0.39, 0.29) is 22.7 Å². The number of morpholine rings is 1. The topological polar surface area (TPSA) is 155 Å². The van der Waals surface area contributed by atoms with E-state index in [4.69, 9.17) is 18.9 Å². The van der Waals surface area contributed by atoms with Crippen LogP contribution >= 0.6 is 0 Å². The maximum absolute atomic E-state index is 15.3. The molecule has 250 valence electrons. The van der Waals surface area contributed by atoms with Crippen LogP contribution < -0.4 is 29.7 Å². The van der Waals surface area contributed by atoms with Crippen molar-refractivity contribution in [2.24, 2.45) is 0 Å². The minimum atomic E-state index is -0.959. The van der Waals surface area contributed by atoms with Crippen LogP contribution in [0.4, 0.5) is 20.6 Å². The lowest BCUT2D eigenvalue weighted by Gasteiger charge is -2.26. The highest BCUT2D eigenvalue weighted by molar-refractivity contribution is 6.37. The third-order valence-electron chi connectivity index (χ3n) is 7.84. The van der Waals surface area contributed by atoms with Crippen LogP contribution in [0, 0.1) is 17.1 Å². The molecule has 4 aromatic rings. The molecule has 6 rings (SSSR count). The normalized spacial score (nSPS) is 16.0. The molecule has 13 nitrogen and oxygen atoms in total. The zero-order valence-electron chi connectivity index (χ0n) is 26.4. The highest BCUT2D eigenvalue weighted by Crippen LogP contribution is 2.38.